The van der Waals surface area contributed by atoms with Crippen LogP contribution < -0.4 is 5.32 Å². The summed E-state index contributed by atoms with van der Waals surface area (Å²) in [6, 6.07) is 5.85. The quantitative estimate of drug-likeness (QED) is 0.662. The molecule has 108 valence electrons. The van der Waals surface area contributed by atoms with Gasteiger partial charge in [-0.25, -0.2) is 9.07 Å². The van der Waals surface area contributed by atoms with Crippen molar-refractivity contribution in [1.82, 2.24) is 25.5 Å². The second-order valence-electron chi connectivity index (χ2n) is 3.96. The minimum atomic E-state index is -0.302. The van der Waals surface area contributed by atoms with E-state index < -0.39 is 0 Å². The number of benzene rings is 1. The van der Waals surface area contributed by atoms with E-state index in [1.807, 2.05) is 0 Å². The normalized spacial score (nSPS) is 9.81. The average Bonchev–Trinajstić information content (AvgIpc) is 2.89. The number of carbonyl (C=O) groups excluding carboxylic acids is 1. The van der Waals surface area contributed by atoms with Crippen LogP contribution in [0.3, 0.4) is 0 Å². The zero-order chi connectivity index (χ0) is 15.1. The van der Waals surface area contributed by atoms with E-state index in [1.165, 1.54) is 28.6 Å². The number of hydrogen-bond acceptors (Lipinski definition) is 5. The van der Waals surface area contributed by atoms with Crippen LogP contribution in [0, 0.1) is 17.7 Å². The summed E-state index contributed by atoms with van der Waals surface area (Å²) in [5.41, 5.74) is 0.699. The molecular formula is C13H12FN5OS. The molecule has 0 atom stereocenters. The summed E-state index contributed by atoms with van der Waals surface area (Å²) < 4.78 is 14.2. The Morgan fingerprint density at radius 3 is 2.86 bits per heavy atom. The number of thioether (sulfide) groups is 1. The van der Waals surface area contributed by atoms with Crippen molar-refractivity contribution in [3.8, 4) is 11.8 Å². The lowest BCUT2D eigenvalue weighted by Gasteiger charge is -2.00. The fourth-order valence-corrected chi connectivity index (χ4v) is 2.03. The number of nitrogens with zero attached hydrogens (tertiary/aromatic N) is 4. The van der Waals surface area contributed by atoms with Gasteiger partial charge in [-0.05, 0) is 34.7 Å². The van der Waals surface area contributed by atoms with Gasteiger partial charge in [0.05, 0.1) is 12.3 Å². The van der Waals surface area contributed by atoms with Gasteiger partial charge in [0.2, 0.25) is 11.1 Å². The maximum absolute atomic E-state index is 12.7. The third kappa shape index (κ3) is 4.89. The van der Waals surface area contributed by atoms with E-state index in [2.05, 4.69) is 32.7 Å². The SMILES string of the molecule is Cn1nnnc1SCC(=O)NCC#Cc1ccc(F)cc1. The van der Waals surface area contributed by atoms with E-state index in [4.69, 9.17) is 0 Å². The average molecular weight is 305 g/mol. The molecule has 0 saturated heterocycles. The number of aryl methyl sites for hydroxylation is 1. The van der Waals surface area contributed by atoms with Crippen LogP contribution in [0.25, 0.3) is 0 Å². The van der Waals surface area contributed by atoms with Gasteiger partial charge in [0, 0.05) is 12.6 Å². The van der Waals surface area contributed by atoms with Crippen molar-refractivity contribution in [1.29, 1.82) is 0 Å². The molecule has 0 spiro atoms. The largest absolute Gasteiger partial charge is 0.344 e. The number of aromatic nitrogens is 4. The standard InChI is InChI=1S/C13H12FN5OS/c1-19-13(16-17-18-19)21-9-12(20)15-8-2-3-10-4-6-11(14)7-5-10/h4-7H,8-9H2,1H3,(H,15,20). The van der Waals surface area contributed by atoms with Crippen LogP contribution in [0.15, 0.2) is 29.4 Å². The first-order valence-electron chi connectivity index (χ1n) is 6.01. The van der Waals surface area contributed by atoms with Gasteiger partial charge < -0.3 is 5.32 Å². The summed E-state index contributed by atoms with van der Waals surface area (Å²) in [4.78, 5) is 11.6. The van der Waals surface area contributed by atoms with Crippen molar-refractivity contribution >= 4 is 17.7 Å². The number of hydrogen-bond donors (Lipinski definition) is 1. The summed E-state index contributed by atoms with van der Waals surface area (Å²) in [6.07, 6.45) is 0. The molecule has 21 heavy (non-hydrogen) atoms. The monoisotopic (exact) mass is 305 g/mol. The number of nitrogens with one attached hydrogen (secondary N) is 1. The summed E-state index contributed by atoms with van der Waals surface area (Å²) in [5, 5.41) is 14.1. The molecule has 0 saturated carbocycles. The highest BCUT2D eigenvalue weighted by molar-refractivity contribution is 7.99. The van der Waals surface area contributed by atoms with Crippen LogP contribution in [0.4, 0.5) is 4.39 Å². The Bertz CT molecular complexity index is 674. The molecule has 0 fully saturated rings. The Morgan fingerprint density at radius 1 is 1.43 bits per heavy atom. The third-order valence-corrected chi connectivity index (χ3v) is 3.38. The van der Waals surface area contributed by atoms with Crippen LogP contribution >= 0.6 is 11.8 Å². The van der Waals surface area contributed by atoms with E-state index in [1.54, 1.807) is 19.2 Å². The molecule has 0 radical (unpaired) electrons. The highest BCUT2D eigenvalue weighted by Crippen LogP contribution is 2.10. The number of carbonyl (C=O) groups is 1. The summed E-state index contributed by atoms with van der Waals surface area (Å²) in [6.45, 7) is 0.230. The van der Waals surface area contributed by atoms with Crippen molar-refractivity contribution in [3.05, 3.63) is 35.6 Å². The molecule has 1 aromatic carbocycles. The van der Waals surface area contributed by atoms with Gasteiger partial charge >= 0.3 is 0 Å². The van der Waals surface area contributed by atoms with Gasteiger partial charge in [-0.1, -0.05) is 23.6 Å². The number of halogens is 1. The van der Waals surface area contributed by atoms with E-state index in [0.717, 1.165) is 0 Å². The van der Waals surface area contributed by atoms with Gasteiger partial charge in [-0.15, -0.1) is 5.10 Å². The highest BCUT2D eigenvalue weighted by atomic mass is 32.2. The fraction of sp³-hybridized carbons (Fsp3) is 0.231. The second kappa shape index (κ2) is 7.40. The lowest BCUT2D eigenvalue weighted by molar-refractivity contribution is -0.118. The van der Waals surface area contributed by atoms with Crippen LogP contribution in [0.5, 0.6) is 0 Å². The molecule has 1 heterocycles. The van der Waals surface area contributed by atoms with Gasteiger partial charge in [0.1, 0.15) is 5.82 Å². The molecule has 1 aromatic heterocycles. The Hall–Kier alpha value is -2.40. The van der Waals surface area contributed by atoms with Crippen molar-refractivity contribution in [2.24, 2.45) is 7.05 Å². The van der Waals surface area contributed by atoms with Gasteiger partial charge in [0.25, 0.3) is 0 Å². The molecule has 0 unspecified atom stereocenters. The maximum atomic E-state index is 12.7. The molecule has 1 amide bonds. The number of amides is 1. The minimum absolute atomic E-state index is 0.156. The summed E-state index contributed by atoms with van der Waals surface area (Å²) in [5.74, 6) is 5.39. The Kier molecular flexibility index (Phi) is 5.29. The zero-order valence-electron chi connectivity index (χ0n) is 11.2. The molecule has 2 aromatic rings. The molecule has 8 heteroatoms. The third-order valence-electron chi connectivity index (χ3n) is 2.36. The minimum Gasteiger partial charge on any atom is -0.344 e. The van der Waals surface area contributed by atoms with Crippen LogP contribution in [0.1, 0.15) is 5.56 Å². The predicted molar refractivity (Wildman–Crippen MR) is 75.8 cm³/mol. The number of tetrazole rings is 1. The van der Waals surface area contributed by atoms with E-state index in [9.17, 15) is 9.18 Å². The first-order chi connectivity index (χ1) is 10.1. The van der Waals surface area contributed by atoms with Crippen molar-refractivity contribution in [2.45, 2.75) is 5.16 Å². The van der Waals surface area contributed by atoms with E-state index in [0.29, 0.717) is 10.7 Å². The fourth-order valence-electron chi connectivity index (χ4n) is 1.35. The molecular weight excluding hydrogens is 293 g/mol. The highest BCUT2D eigenvalue weighted by Gasteiger charge is 2.06. The van der Waals surface area contributed by atoms with Crippen molar-refractivity contribution in [3.63, 3.8) is 0 Å². The van der Waals surface area contributed by atoms with Gasteiger partial charge in [-0.2, -0.15) is 0 Å². The molecule has 0 aliphatic carbocycles. The van der Waals surface area contributed by atoms with Crippen molar-refractivity contribution in [2.75, 3.05) is 12.3 Å². The first kappa shape index (κ1) is 15.0. The Balaban J connectivity index is 1.72. The smallest absolute Gasteiger partial charge is 0.231 e. The van der Waals surface area contributed by atoms with E-state index in [-0.39, 0.29) is 24.0 Å². The van der Waals surface area contributed by atoms with Crippen molar-refractivity contribution < 1.29 is 9.18 Å². The number of rotatable bonds is 4. The first-order valence-corrected chi connectivity index (χ1v) is 7.00. The van der Waals surface area contributed by atoms with Crippen LogP contribution in [-0.4, -0.2) is 38.4 Å². The Morgan fingerprint density at radius 2 is 2.19 bits per heavy atom. The predicted octanol–water partition coefficient (Wildman–Crippen LogP) is 0.609. The van der Waals surface area contributed by atoms with Gasteiger partial charge in [-0.3, -0.25) is 4.79 Å². The molecule has 0 bridgehead atoms. The van der Waals surface area contributed by atoms with Crippen LogP contribution in [0.2, 0.25) is 0 Å². The molecule has 6 nitrogen and oxygen atoms in total. The second-order valence-corrected chi connectivity index (χ2v) is 4.90. The summed E-state index contributed by atoms with van der Waals surface area (Å²) in [7, 11) is 1.70. The van der Waals surface area contributed by atoms with E-state index >= 15 is 0 Å². The molecule has 1 N–H and O–H groups in total. The lowest BCUT2D eigenvalue weighted by Crippen LogP contribution is -2.25. The molecule has 0 aliphatic rings. The van der Waals surface area contributed by atoms with Gasteiger partial charge in [0.15, 0.2) is 0 Å². The lowest BCUT2D eigenvalue weighted by atomic mass is 10.2. The summed E-state index contributed by atoms with van der Waals surface area (Å²) >= 11 is 1.24. The molecule has 2 rings (SSSR count). The van der Waals surface area contributed by atoms with Crippen LogP contribution in [-0.2, 0) is 11.8 Å². The Labute approximate surface area is 125 Å². The molecule has 0 aliphatic heterocycles. The topological polar surface area (TPSA) is 72.7 Å². The zero-order valence-corrected chi connectivity index (χ0v) is 12.0. The maximum Gasteiger partial charge on any atom is 0.231 e.